The third-order valence-electron chi connectivity index (χ3n) is 4.04. The van der Waals surface area contributed by atoms with Crippen LogP contribution in [0.4, 0.5) is 5.69 Å². The fourth-order valence-corrected chi connectivity index (χ4v) is 2.82. The number of fused-ring (bicyclic) bond motifs is 3. The van der Waals surface area contributed by atoms with Gasteiger partial charge in [-0.05, 0) is 43.3 Å². The lowest BCUT2D eigenvalue weighted by Gasteiger charge is -2.12. The van der Waals surface area contributed by atoms with Gasteiger partial charge in [-0.15, -0.1) is 10.2 Å². The first-order valence-corrected chi connectivity index (χ1v) is 7.53. The van der Waals surface area contributed by atoms with Crippen molar-refractivity contribution in [2.24, 2.45) is 0 Å². The first-order chi connectivity index (χ1) is 11.1. The van der Waals surface area contributed by atoms with Crippen LogP contribution in [0.25, 0.3) is 28.1 Å². The molecule has 0 atom stereocenters. The highest BCUT2D eigenvalue weighted by atomic mass is 15.3. The predicted octanol–water partition coefficient (Wildman–Crippen LogP) is 3.32. The summed E-state index contributed by atoms with van der Waals surface area (Å²) in [5, 5.41) is 8.75. The Kier molecular flexibility index (Phi) is 3.01. The average Bonchev–Trinajstić information content (AvgIpc) is 3.01. The number of aryl methyl sites for hydroxylation is 1. The van der Waals surface area contributed by atoms with E-state index in [-0.39, 0.29) is 0 Å². The number of hydrogen-bond acceptors (Lipinski definition) is 4. The number of benzene rings is 2. The van der Waals surface area contributed by atoms with Crippen molar-refractivity contribution >= 4 is 22.4 Å². The Morgan fingerprint density at radius 1 is 0.913 bits per heavy atom. The molecule has 5 nitrogen and oxygen atoms in total. The van der Waals surface area contributed by atoms with Crippen molar-refractivity contribution in [3.63, 3.8) is 0 Å². The van der Waals surface area contributed by atoms with Crippen LogP contribution < -0.4 is 4.90 Å². The molecule has 4 rings (SSSR count). The maximum Gasteiger partial charge on any atom is 0.183 e. The van der Waals surface area contributed by atoms with Gasteiger partial charge in [-0.2, -0.15) is 0 Å². The molecule has 2 aromatic heterocycles. The monoisotopic (exact) mass is 303 g/mol. The van der Waals surface area contributed by atoms with E-state index >= 15 is 0 Å². The molecule has 0 bridgehead atoms. The fourth-order valence-electron chi connectivity index (χ4n) is 2.82. The topological polar surface area (TPSA) is 46.3 Å². The molecule has 0 N–H and O–H groups in total. The first kappa shape index (κ1) is 13.7. The highest BCUT2D eigenvalue weighted by Crippen LogP contribution is 2.25. The Morgan fingerprint density at radius 3 is 2.39 bits per heavy atom. The normalized spacial score (nSPS) is 11.3. The molecule has 4 aromatic rings. The molecule has 2 heterocycles. The van der Waals surface area contributed by atoms with Crippen molar-refractivity contribution in [3.8, 4) is 11.4 Å². The molecular weight excluding hydrogens is 286 g/mol. The molecule has 0 aliphatic rings. The molecule has 0 aliphatic heterocycles. The highest BCUT2D eigenvalue weighted by Gasteiger charge is 2.14. The van der Waals surface area contributed by atoms with Crippen LogP contribution in [-0.4, -0.2) is 33.7 Å². The van der Waals surface area contributed by atoms with Crippen molar-refractivity contribution < 1.29 is 0 Å². The van der Waals surface area contributed by atoms with Crippen LogP contribution in [0, 0.1) is 6.92 Å². The number of rotatable bonds is 2. The van der Waals surface area contributed by atoms with Crippen LogP contribution in [0.3, 0.4) is 0 Å². The largest absolute Gasteiger partial charge is 0.378 e. The van der Waals surface area contributed by atoms with E-state index in [1.807, 2.05) is 39.2 Å². The molecule has 0 fully saturated rings. The second kappa shape index (κ2) is 5.05. The van der Waals surface area contributed by atoms with Gasteiger partial charge in [0.1, 0.15) is 0 Å². The Balaban J connectivity index is 2.00. The summed E-state index contributed by atoms with van der Waals surface area (Å²) in [6.07, 6.45) is 0. The van der Waals surface area contributed by atoms with Crippen LogP contribution in [0.15, 0.2) is 48.5 Å². The van der Waals surface area contributed by atoms with E-state index in [4.69, 9.17) is 0 Å². The summed E-state index contributed by atoms with van der Waals surface area (Å²) in [4.78, 5) is 6.70. The van der Waals surface area contributed by atoms with E-state index < -0.39 is 0 Å². The van der Waals surface area contributed by atoms with E-state index in [1.165, 1.54) is 0 Å². The molecule has 0 radical (unpaired) electrons. The summed E-state index contributed by atoms with van der Waals surface area (Å²) in [6.45, 7) is 1.97. The van der Waals surface area contributed by atoms with Gasteiger partial charge in [0.2, 0.25) is 0 Å². The van der Waals surface area contributed by atoms with Crippen molar-refractivity contribution in [3.05, 3.63) is 54.2 Å². The van der Waals surface area contributed by atoms with Crippen LogP contribution in [0.2, 0.25) is 0 Å². The summed E-state index contributed by atoms with van der Waals surface area (Å²) in [5.74, 6) is 0.840. The zero-order chi connectivity index (χ0) is 16.0. The second-order valence-corrected chi connectivity index (χ2v) is 5.81. The minimum atomic E-state index is 0.801. The van der Waals surface area contributed by atoms with E-state index in [9.17, 15) is 0 Å². The SMILES string of the molecule is Cc1nc2ccccc2n2c(-c3ccc(N(C)C)cc3)nnc12. The van der Waals surface area contributed by atoms with Crippen LogP contribution >= 0.6 is 0 Å². The molecule has 0 amide bonds. The van der Waals surface area contributed by atoms with Gasteiger partial charge in [0.25, 0.3) is 0 Å². The minimum Gasteiger partial charge on any atom is -0.378 e. The summed E-state index contributed by atoms with van der Waals surface area (Å²) >= 11 is 0. The third kappa shape index (κ3) is 2.12. The Morgan fingerprint density at radius 2 is 1.65 bits per heavy atom. The quantitative estimate of drug-likeness (QED) is 0.570. The van der Waals surface area contributed by atoms with Crippen LogP contribution in [-0.2, 0) is 0 Å². The van der Waals surface area contributed by atoms with Gasteiger partial charge in [-0.1, -0.05) is 12.1 Å². The maximum atomic E-state index is 4.62. The smallest absolute Gasteiger partial charge is 0.183 e. The first-order valence-electron chi connectivity index (χ1n) is 7.53. The molecule has 0 unspecified atom stereocenters. The maximum absolute atomic E-state index is 4.62. The third-order valence-corrected chi connectivity index (χ3v) is 4.04. The van der Waals surface area contributed by atoms with E-state index in [2.05, 4.69) is 54.8 Å². The Bertz CT molecular complexity index is 999. The number of hydrogen-bond donors (Lipinski definition) is 0. The van der Waals surface area contributed by atoms with Crippen molar-refractivity contribution in [2.75, 3.05) is 19.0 Å². The van der Waals surface area contributed by atoms with Gasteiger partial charge in [-0.3, -0.25) is 4.40 Å². The van der Waals surface area contributed by atoms with Crippen molar-refractivity contribution in [1.82, 2.24) is 19.6 Å². The summed E-state index contributed by atoms with van der Waals surface area (Å²) < 4.78 is 2.09. The van der Waals surface area contributed by atoms with E-state index in [0.29, 0.717) is 0 Å². The second-order valence-electron chi connectivity index (χ2n) is 5.81. The molecule has 0 saturated heterocycles. The minimum absolute atomic E-state index is 0.801. The molecule has 0 spiro atoms. The van der Waals surface area contributed by atoms with Gasteiger partial charge in [-0.25, -0.2) is 4.98 Å². The number of anilines is 1. The molecule has 2 aromatic carbocycles. The molecule has 0 saturated carbocycles. The molecule has 23 heavy (non-hydrogen) atoms. The number of aromatic nitrogens is 4. The van der Waals surface area contributed by atoms with Crippen molar-refractivity contribution in [1.29, 1.82) is 0 Å². The summed E-state index contributed by atoms with van der Waals surface area (Å²) in [7, 11) is 4.06. The zero-order valence-electron chi connectivity index (χ0n) is 13.4. The number of nitrogens with zero attached hydrogens (tertiary/aromatic N) is 5. The zero-order valence-corrected chi connectivity index (χ0v) is 13.4. The number of para-hydroxylation sites is 2. The molecular formula is C18H17N5. The van der Waals surface area contributed by atoms with Gasteiger partial charge < -0.3 is 4.90 Å². The van der Waals surface area contributed by atoms with Crippen LogP contribution in [0.5, 0.6) is 0 Å². The van der Waals surface area contributed by atoms with E-state index in [0.717, 1.165) is 39.4 Å². The van der Waals surface area contributed by atoms with Crippen molar-refractivity contribution in [2.45, 2.75) is 6.92 Å². The van der Waals surface area contributed by atoms with Crippen LogP contribution in [0.1, 0.15) is 5.69 Å². The Labute approximate surface area is 134 Å². The Hall–Kier alpha value is -2.95. The predicted molar refractivity (Wildman–Crippen MR) is 92.8 cm³/mol. The van der Waals surface area contributed by atoms with Gasteiger partial charge in [0, 0.05) is 25.3 Å². The molecule has 0 aliphatic carbocycles. The summed E-state index contributed by atoms with van der Waals surface area (Å²) in [6, 6.07) is 16.4. The highest BCUT2D eigenvalue weighted by molar-refractivity contribution is 5.81. The van der Waals surface area contributed by atoms with Gasteiger partial charge in [0.05, 0.1) is 16.7 Å². The molecule has 114 valence electrons. The standard InChI is InChI=1S/C18H17N5/c1-12-17-20-21-18(13-8-10-14(11-9-13)22(2)3)23(17)16-7-5-4-6-15(16)19-12/h4-11H,1-3H3. The molecule has 5 heteroatoms. The van der Waals surface area contributed by atoms with Gasteiger partial charge in [0.15, 0.2) is 11.5 Å². The lowest BCUT2D eigenvalue weighted by atomic mass is 10.2. The van der Waals surface area contributed by atoms with E-state index in [1.54, 1.807) is 0 Å². The van der Waals surface area contributed by atoms with Gasteiger partial charge >= 0.3 is 0 Å². The fraction of sp³-hybridized carbons (Fsp3) is 0.167. The summed E-state index contributed by atoms with van der Waals surface area (Å²) in [5.41, 5.74) is 5.85. The lowest BCUT2D eigenvalue weighted by molar-refractivity contribution is 1.11. The average molecular weight is 303 g/mol. The lowest BCUT2D eigenvalue weighted by Crippen LogP contribution is -2.08.